The molecule has 0 saturated carbocycles. The van der Waals surface area contributed by atoms with Crippen molar-refractivity contribution in [1.82, 2.24) is 14.6 Å². The van der Waals surface area contributed by atoms with Crippen molar-refractivity contribution < 1.29 is 17.6 Å². The summed E-state index contributed by atoms with van der Waals surface area (Å²) in [6.07, 6.45) is 1.76. The number of benzene rings is 1. The molecule has 8 heteroatoms. The smallest absolute Gasteiger partial charge is 0.253 e. The molecule has 146 valence electrons. The molecule has 1 aromatic carbocycles. The predicted molar refractivity (Wildman–Crippen MR) is 103 cm³/mol. The summed E-state index contributed by atoms with van der Waals surface area (Å²) in [6.45, 7) is 4.40. The molecule has 0 bridgehead atoms. The molecule has 1 N–H and O–H groups in total. The van der Waals surface area contributed by atoms with Gasteiger partial charge in [-0.15, -0.1) is 0 Å². The van der Waals surface area contributed by atoms with E-state index in [1.807, 2.05) is 6.92 Å². The number of carbonyl (C=O) groups is 1. The van der Waals surface area contributed by atoms with Gasteiger partial charge in [0.25, 0.3) is 5.91 Å². The third-order valence-corrected chi connectivity index (χ3v) is 6.94. The summed E-state index contributed by atoms with van der Waals surface area (Å²) >= 11 is 0. The van der Waals surface area contributed by atoms with Gasteiger partial charge in [-0.25, -0.2) is 17.1 Å². The highest BCUT2D eigenvalue weighted by molar-refractivity contribution is 7.89. The van der Waals surface area contributed by atoms with Crippen LogP contribution >= 0.6 is 0 Å². The van der Waals surface area contributed by atoms with Crippen LogP contribution in [0, 0.1) is 12.7 Å². The summed E-state index contributed by atoms with van der Waals surface area (Å²) in [5.41, 5.74) is 1.50. The summed E-state index contributed by atoms with van der Waals surface area (Å²) in [5.74, 6) is -0.440. The fourth-order valence-corrected chi connectivity index (χ4v) is 4.94. The summed E-state index contributed by atoms with van der Waals surface area (Å²) in [6, 6.07) is 5.93. The third-order valence-electron chi connectivity index (χ3n) is 4.86. The number of halogens is 1. The first-order valence-corrected chi connectivity index (χ1v) is 10.8. The summed E-state index contributed by atoms with van der Waals surface area (Å²) in [5, 5.41) is 3.68. The van der Waals surface area contributed by atoms with E-state index in [1.165, 1.54) is 16.4 Å². The standard InChI is InChI=1S/C19H24FN3O3S/c1-3-10-27(25,26)23-8-6-16(7-9-23)22-19(24)17-11-14-4-5-15(20)12-18(14)21-13(17)2/h4-5,11-12,16H,3,6-10H2,1-2H3,(H,22,24). The molecule has 1 aliphatic heterocycles. The highest BCUT2D eigenvalue weighted by Crippen LogP contribution is 2.19. The minimum atomic E-state index is -3.19. The van der Waals surface area contributed by atoms with E-state index in [0.29, 0.717) is 54.5 Å². The zero-order chi connectivity index (χ0) is 19.6. The minimum absolute atomic E-state index is 0.0751. The Morgan fingerprint density at radius 3 is 2.67 bits per heavy atom. The van der Waals surface area contributed by atoms with E-state index in [1.54, 1.807) is 19.1 Å². The number of fused-ring (bicyclic) bond motifs is 1. The molecule has 0 radical (unpaired) electrons. The maximum atomic E-state index is 13.3. The number of carbonyl (C=O) groups excluding carboxylic acids is 1. The number of hydrogen-bond donors (Lipinski definition) is 1. The lowest BCUT2D eigenvalue weighted by molar-refractivity contribution is 0.0923. The van der Waals surface area contributed by atoms with Gasteiger partial charge in [-0.2, -0.15) is 0 Å². The van der Waals surface area contributed by atoms with Crippen molar-refractivity contribution in [3.05, 3.63) is 41.3 Å². The van der Waals surface area contributed by atoms with Crippen molar-refractivity contribution in [2.24, 2.45) is 0 Å². The molecular weight excluding hydrogens is 369 g/mol. The Balaban J connectivity index is 1.67. The normalized spacial score (nSPS) is 16.6. The summed E-state index contributed by atoms with van der Waals surface area (Å²) < 4.78 is 39.1. The van der Waals surface area contributed by atoms with Crippen molar-refractivity contribution in [2.75, 3.05) is 18.8 Å². The molecule has 3 rings (SSSR count). The number of aryl methyl sites for hydroxylation is 1. The molecule has 1 saturated heterocycles. The summed E-state index contributed by atoms with van der Waals surface area (Å²) in [7, 11) is -3.19. The molecule has 2 heterocycles. The van der Waals surface area contributed by atoms with Crippen molar-refractivity contribution in [3.63, 3.8) is 0 Å². The van der Waals surface area contributed by atoms with Gasteiger partial charge < -0.3 is 5.32 Å². The maximum Gasteiger partial charge on any atom is 0.253 e. The van der Waals surface area contributed by atoms with Crippen molar-refractivity contribution in [1.29, 1.82) is 0 Å². The number of aromatic nitrogens is 1. The van der Waals surface area contributed by atoms with E-state index < -0.39 is 10.0 Å². The Bertz CT molecular complexity index is 954. The molecule has 0 atom stereocenters. The van der Waals surface area contributed by atoms with Crippen LogP contribution in [0.25, 0.3) is 10.9 Å². The predicted octanol–water partition coefficient (Wildman–Crippen LogP) is 2.62. The number of nitrogens with one attached hydrogen (secondary N) is 1. The highest BCUT2D eigenvalue weighted by Gasteiger charge is 2.28. The number of hydrogen-bond acceptors (Lipinski definition) is 4. The van der Waals surface area contributed by atoms with Crippen LogP contribution < -0.4 is 5.32 Å². The average Bonchev–Trinajstić information content (AvgIpc) is 2.61. The molecule has 0 unspecified atom stereocenters. The van der Waals surface area contributed by atoms with E-state index in [-0.39, 0.29) is 23.5 Å². The van der Waals surface area contributed by atoms with Gasteiger partial charge >= 0.3 is 0 Å². The second-order valence-electron chi connectivity index (χ2n) is 6.92. The largest absolute Gasteiger partial charge is 0.349 e. The Labute approximate surface area is 158 Å². The number of amides is 1. The van der Waals surface area contributed by atoms with Gasteiger partial charge in [0.05, 0.1) is 22.5 Å². The van der Waals surface area contributed by atoms with Crippen molar-refractivity contribution in [2.45, 2.75) is 39.2 Å². The first kappa shape index (κ1) is 19.7. The average molecular weight is 393 g/mol. The number of sulfonamides is 1. The number of nitrogens with zero attached hydrogens (tertiary/aromatic N) is 2. The Morgan fingerprint density at radius 1 is 1.30 bits per heavy atom. The quantitative estimate of drug-likeness (QED) is 0.847. The number of pyridine rings is 1. The van der Waals surface area contributed by atoms with Gasteiger partial charge in [0.1, 0.15) is 5.82 Å². The first-order chi connectivity index (χ1) is 12.8. The first-order valence-electron chi connectivity index (χ1n) is 9.16. The Hall–Kier alpha value is -2.06. The molecule has 1 amide bonds. The SMILES string of the molecule is CCCS(=O)(=O)N1CCC(NC(=O)c2cc3ccc(F)cc3nc2C)CC1. The molecule has 1 fully saturated rings. The van der Waals surface area contributed by atoms with Crippen LogP contribution in [0.15, 0.2) is 24.3 Å². The lowest BCUT2D eigenvalue weighted by Crippen LogP contribution is -2.47. The van der Waals surface area contributed by atoms with Crippen LogP contribution in [-0.4, -0.2) is 48.5 Å². The summed E-state index contributed by atoms with van der Waals surface area (Å²) in [4.78, 5) is 17.0. The van der Waals surface area contributed by atoms with E-state index in [4.69, 9.17) is 0 Å². The second kappa shape index (κ2) is 7.90. The fraction of sp³-hybridized carbons (Fsp3) is 0.474. The molecular formula is C19H24FN3O3S. The molecule has 2 aromatic rings. The van der Waals surface area contributed by atoms with E-state index in [9.17, 15) is 17.6 Å². The maximum absolute atomic E-state index is 13.3. The van der Waals surface area contributed by atoms with Crippen LogP contribution in [0.2, 0.25) is 0 Å². The highest BCUT2D eigenvalue weighted by atomic mass is 32.2. The van der Waals surface area contributed by atoms with E-state index in [2.05, 4.69) is 10.3 Å². The van der Waals surface area contributed by atoms with E-state index >= 15 is 0 Å². The van der Waals surface area contributed by atoms with Gasteiger partial charge in [0, 0.05) is 30.6 Å². The number of piperidine rings is 1. The molecule has 1 aromatic heterocycles. The van der Waals surface area contributed by atoms with E-state index in [0.717, 1.165) is 0 Å². The molecule has 0 aliphatic carbocycles. The lowest BCUT2D eigenvalue weighted by Gasteiger charge is -2.31. The van der Waals surface area contributed by atoms with Crippen LogP contribution in [0.5, 0.6) is 0 Å². The topological polar surface area (TPSA) is 79.4 Å². The Kier molecular flexibility index (Phi) is 5.76. The molecule has 1 aliphatic rings. The van der Waals surface area contributed by atoms with Crippen molar-refractivity contribution >= 4 is 26.8 Å². The lowest BCUT2D eigenvalue weighted by atomic mass is 10.0. The van der Waals surface area contributed by atoms with Crippen molar-refractivity contribution in [3.8, 4) is 0 Å². The monoisotopic (exact) mass is 393 g/mol. The second-order valence-corrected chi connectivity index (χ2v) is 9.01. The molecule has 6 nitrogen and oxygen atoms in total. The number of rotatable bonds is 5. The van der Waals surface area contributed by atoms with Gasteiger partial charge in [-0.3, -0.25) is 9.78 Å². The van der Waals surface area contributed by atoms with Crippen LogP contribution in [0.1, 0.15) is 42.2 Å². The van der Waals surface area contributed by atoms with Gasteiger partial charge in [0.15, 0.2) is 0 Å². The molecule has 27 heavy (non-hydrogen) atoms. The van der Waals surface area contributed by atoms with Crippen LogP contribution in [0.4, 0.5) is 4.39 Å². The van der Waals surface area contributed by atoms with Gasteiger partial charge in [0.2, 0.25) is 10.0 Å². The fourth-order valence-electron chi connectivity index (χ4n) is 3.39. The van der Waals surface area contributed by atoms with Gasteiger partial charge in [-0.1, -0.05) is 6.92 Å². The van der Waals surface area contributed by atoms with Crippen LogP contribution in [-0.2, 0) is 10.0 Å². The van der Waals surface area contributed by atoms with Crippen LogP contribution in [0.3, 0.4) is 0 Å². The minimum Gasteiger partial charge on any atom is -0.349 e. The van der Waals surface area contributed by atoms with Gasteiger partial charge in [-0.05, 0) is 44.4 Å². The zero-order valence-electron chi connectivity index (χ0n) is 15.5. The Morgan fingerprint density at radius 2 is 2.00 bits per heavy atom. The third kappa shape index (κ3) is 4.44. The molecule has 0 spiro atoms. The zero-order valence-corrected chi connectivity index (χ0v) is 16.4.